The number of nitrogens with one attached hydrogen (secondary N) is 1. The van der Waals surface area contributed by atoms with Crippen LogP contribution in [-0.4, -0.2) is 27.8 Å². The predicted molar refractivity (Wildman–Crippen MR) is 96.9 cm³/mol. The van der Waals surface area contributed by atoms with Crippen LogP contribution < -0.4 is 15.2 Å². The molecule has 0 radical (unpaired) electrons. The van der Waals surface area contributed by atoms with Crippen molar-refractivity contribution in [3.05, 3.63) is 24.3 Å². The van der Waals surface area contributed by atoms with Crippen LogP contribution in [0.5, 0.6) is 5.75 Å². The van der Waals surface area contributed by atoms with Crippen LogP contribution >= 0.6 is 0 Å². The second-order valence-electron chi connectivity index (χ2n) is 7.25. The van der Waals surface area contributed by atoms with E-state index in [9.17, 15) is 0 Å². The van der Waals surface area contributed by atoms with Crippen LogP contribution in [0.25, 0.3) is 0 Å². The summed E-state index contributed by atoms with van der Waals surface area (Å²) in [5, 5.41) is 5.52. The third-order valence-corrected chi connectivity index (χ3v) is 11.3. The summed E-state index contributed by atoms with van der Waals surface area (Å²) in [6.07, 6.45) is 10.00. The number of hydrogen-bond donors (Lipinski definition) is 1. The van der Waals surface area contributed by atoms with Gasteiger partial charge in [0.15, 0.2) is 0 Å². The molecule has 0 bridgehead atoms. The lowest BCUT2D eigenvalue weighted by Crippen LogP contribution is -2.51. The van der Waals surface area contributed by atoms with Gasteiger partial charge in [-0.1, -0.05) is 61.5 Å². The van der Waals surface area contributed by atoms with Crippen molar-refractivity contribution in [1.29, 1.82) is 0 Å². The fraction of sp³-hybridized carbons (Fsp3) is 0.684. The van der Waals surface area contributed by atoms with Crippen molar-refractivity contribution in [3.63, 3.8) is 0 Å². The maximum Gasteiger partial charge on any atom is 0.118 e. The molecule has 22 heavy (non-hydrogen) atoms. The molecule has 0 spiro atoms. The Kier molecular flexibility index (Phi) is 5.59. The molecule has 1 N–H and O–H groups in total. The van der Waals surface area contributed by atoms with Crippen molar-refractivity contribution >= 4 is 13.3 Å². The van der Waals surface area contributed by atoms with Crippen molar-refractivity contribution < 1.29 is 4.74 Å². The molecule has 3 heteroatoms. The summed E-state index contributed by atoms with van der Waals surface area (Å²) in [5.41, 5.74) is 0. The standard InChI is InChI=1S/C19H31NOSi/c1-21-18-9-11-19(12-10-18)22(14-5-2-6-15-22)16-13-20-17-7-3-4-8-17/h9-12,17,20H,2-8,13-16H2,1H3. The van der Waals surface area contributed by atoms with Gasteiger partial charge in [-0.05, 0) is 37.6 Å². The number of hydrogen-bond acceptors (Lipinski definition) is 2. The first-order valence-corrected chi connectivity index (χ1v) is 11.8. The van der Waals surface area contributed by atoms with E-state index in [1.165, 1.54) is 69.6 Å². The fourth-order valence-corrected chi connectivity index (χ4v) is 9.47. The Balaban J connectivity index is 1.66. The van der Waals surface area contributed by atoms with E-state index >= 15 is 0 Å². The average molecular weight is 318 g/mol. The smallest absolute Gasteiger partial charge is 0.118 e. The molecule has 1 aromatic carbocycles. The van der Waals surface area contributed by atoms with Crippen LogP contribution in [0.4, 0.5) is 0 Å². The number of methoxy groups -OCH3 is 1. The lowest BCUT2D eigenvalue weighted by molar-refractivity contribution is 0.415. The first kappa shape index (κ1) is 16.1. The first-order chi connectivity index (χ1) is 10.8. The highest BCUT2D eigenvalue weighted by Crippen LogP contribution is 2.32. The van der Waals surface area contributed by atoms with Crippen LogP contribution in [-0.2, 0) is 0 Å². The summed E-state index contributed by atoms with van der Waals surface area (Å²) >= 11 is 0. The van der Waals surface area contributed by atoms with E-state index in [1.807, 2.05) is 0 Å². The zero-order valence-corrected chi connectivity index (χ0v) is 15.1. The Labute approximate surface area is 136 Å². The zero-order valence-electron chi connectivity index (χ0n) is 14.1. The third kappa shape index (κ3) is 3.75. The predicted octanol–water partition coefficient (Wildman–Crippen LogP) is 4.07. The SMILES string of the molecule is COc1ccc([Si]2(CCNC3CCCC3)CCCCC2)cc1. The van der Waals surface area contributed by atoms with Crippen molar-refractivity contribution in [2.45, 2.75) is 69.1 Å². The second kappa shape index (κ2) is 7.65. The molecule has 2 nitrogen and oxygen atoms in total. The van der Waals surface area contributed by atoms with Crippen LogP contribution in [0.1, 0.15) is 44.9 Å². The minimum absolute atomic E-state index is 0.811. The Morgan fingerprint density at radius 2 is 1.68 bits per heavy atom. The second-order valence-corrected chi connectivity index (χ2v) is 11.9. The summed E-state index contributed by atoms with van der Waals surface area (Å²) in [6.45, 7) is 1.24. The lowest BCUT2D eigenvalue weighted by atomic mass is 10.2. The zero-order chi connectivity index (χ0) is 15.3. The van der Waals surface area contributed by atoms with Gasteiger partial charge >= 0.3 is 0 Å². The van der Waals surface area contributed by atoms with Crippen molar-refractivity contribution in [3.8, 4) is 5.75 Å². The molecule has 1 aliphatic carbocycles. The first-order valence-electron chi connectivity index (χ1n) is 9.20. The van der Waals surface area contributed by atoms with E-state index in [4.69, 9.17) is 4.74 Å². The summed E-state index contributed by atoms with van der Waals surface area (Å²) in [6, 6.07) is 14.3. The molecule has 0 atom stereocenters. The van der Waals surface area contributed by atoms with E-state index in [1.54, 1.807) is 12.3 Å². The van der Waals surface area contributed by atoms with Crippen LogP contribution in [0, 0.1) is 0 Å². The van der Waals surface area contributed by atoms with E-state index in [0.717, 1.165) is 11.8 Å². The summed E-state index contributed by atoms with van der Waals surface area (Å²) in [4.78, 5) is 0. The molecule has 2 aliphatic rings. The van der Waals surface area contributed by atoms with Gasteiger partial charge in [0.2, 0.25) is 0 Å². The molecular formula is C19H31NOSi. The molecule has 122 valence electrons. The summed E-state index contributed by atoms with van der Waals surface area (Å²) in [5.74, 6) is 0.993. The van der Waals surface area contributed by atoms with E-state index in [0.29, 0.717) is 0 Å². The molecule has 3 rings (SSSR count). The molecule has 1 saturated heterocycles. The Hall–Kier alpha value is -0.803. The van der Waals surface area contributed by atoms with Gasteiger partial charge in [0.25, 0.3) is 0 Å². The highest BCUT2D eigenvalue weighted by atomic mass is 28.3. The molecule has 1 saturated carbocycles. The Morgan fingerprint density at radius 3 is 2.32 bits per heavy atom. The molecular weight excluding hydrogens is 286 g/mol. The summed E-state index contributed by atoms with van der Waals surface area (Å²) < 4.78 is 5.34. The van der Waals surface area contributed by atoms with Gasteiger partial charge in [0.1, 0.15) is 5.75 Å². The average Bonchev–Trinajstić information content (AvgIpc) is 3.09. The van der Waals surface area contributed by atoms with Gasteiger partial charge in [-0.2, -0.15) is 0 Å². The van der Waals surface area contributed by atoms with Gasteiger partial charge in [0.05, 0.1) is 15.2 Å². The highest BCUT2D eigenvalue weighted by Gasteiger charge is 2.36. The highest BCUT2D eigenvalue weighted by molar-refractivity contribution is 6.92. The minimum atomic E-state index is -1.28. The van der Waals surface area contributed by atoms with Crippen molar-refractivity contribution in [1.82, 2.24) is 5.32 Å². The van der Waals surface area contributed by atoms with Gasteiger partial charge in [0, 0.05) is 6.04 Å². The molecule has 2 fully saturated rings. The molecule has 0 unspecified atom stereocenters. The number of rotatable bonds is 6. The fourth-order valence-electron chi connectivity index (χ4n) is 4.50. The largest absolute Gasteiger partial charge is 0.497 e. The van der Waals surface area contributed by atoms with Gasteiger partial charge in [-0.3, -0.25) is 0 Å². The van der Waals surface area contributed by atoms with Crippen molar-refractivity contribution in [2.75, 3.05) is 13.7 Å². The van der Waals surface area contributed by atoms with Crippen LogP contribution in [0.2, 0.25) is 18.1 Å². The Bertz CT molecular complexity index is 447. The normalized spacial score (nSPS) is 21.9. The molecule has 1 heterocycles. The van der Waals surface area contributed by atoms with Gasteiger partial charge in [-0.25, -0.2) is 0 Å². The number of benzene rings is 1. The quantitative estimate of drug-likeness (QED) is 0.799. The minimum Gasteiger partial charge on any atom is -0.497 e. The van der Waals surface area contributed by atoms with E-state index in [-0.39, 0.29) is 0 Å². The molecule has 0 amide bonds. The lowest BCUT2D eigenvalue weighted by Gasteiger charge is -2.36. The van der Waals surface area contributed by atoms with Crippen LogP contribution in [0.15, 0.2) is 24.3 Å². The van der Waals surface area contributed by atoms with E-state index in [2.05, 4.69) is 29.6 Å². The Morgan fingerprint density at radius 1 is 1.00 bits per heavy atom. The van der Waals surface area contributed by atoms with Gasteiger partial charge in [-0.15, -0.1) is 0 Å². The molecule has 1 aliphatic heterocycles. The third-order valence-electron chi connectivity index (χ3n) is 5.90. The summed E-state index contributed by atoms with van der Waals surface area (Å²) in [7, 11) is 0.474. The van der Waals surface area contributed by atoms with Crippen LogP contribution in [0.3, 0.4) is 0 Å². The molecule has 0 aromatic heterocycles. The maximum absolute atomic E-state index is 5.34. The molecule has 1 aromatic rings. The topological polar surface area (TPSA) is 21.3 Å². The monoisotopic (exact) mass is 317 g/mol. The van der Waals surface area contributed by atoms with Gasteiger partial charge < -0.3 is 10.1 Å². The number of ether oxygens (including phenoxy) is 1. The van der Waals surface area contributed by atoms with E-state index < -0.39 is 8.07 Å². The maximum atomic E-state index is 5.34. The van der Waals surface area contributed by atoms with Crippen molar-refractivity contribution in [2.24, 2.45) is 0 Å².